The second-order valence-electron chi connectivity index (χ2n) is 6.27. The predicted molar refractivity (Wildman–Crippen MR) is 95.7 cm³/mol. The van der Waals surface area contributed by atoms with Gasteiger partial charge in [0.25, 0.3) is 0 Å². The zero-order valence-corrected chi connectivity index (χ0v) is 14.5. The van der Waals surface area contributed by atoms with Gasteiger partial charge in [0.15, 0.2) is 5.76 Å². The van der Waals surface area contributed by atoms with Crippen molar-refractivity contribution in [2.24, 2.45) is 5.92 Å². The van der Waals surface area contributed by atoms with Crippen LogP contribution in [0, 0.1) is 5.92 Å². The molecule has 0 saturated carbocycles. The Morgan fingerprint density at radius 1 is 1.16 bits per heavy atom. The number of esters is 1. The zero-order valence-electron chi connectivity index (χ0n) is 14.5. The molecule has 4 nitrogen and oxygen atoms in total. The van der Waals surface area contributed by atoms with Crippen LogP contribution in [0.25, 0.3) is 6.08 Å². The highest BCUT2D eigenvalue weighted by molar-refractivity contribution is 6.14. The van der Waals surface area contributed by atoms with Crippen LogP contribution in [0.15, 0.2) is 48.2 Å². The molecule has 0 unspecified atom stereocenters. The minimum absolute atomic E-state index is 0.170. The van der Waals surface area contributed by atoms with Gasteiger partial charge in [0.05, 0.1) is 11.5 Å². The number of Topliss-reactive ketones (excluding diaryl/α,β-unsaturated/α-hetero) is 1. The minimum atomic E-state index is -0.323. The number of hydrogen-bond donors (Lipinski definition) is 0. The maximum atomic E-state index is 12.5. The summed E-state index contributed by atoms with van der Waals surface area (Å²) in [4.78, 5) is 24.2. The smallest absolute Gasteiger partial charge is 0.313 e. The van der Waals surface area contributed by atoms with Gasteiger partial charge in [-0.2, -0.15) is 0 Å². The summed E-state index contributed by atoms with van der Waals surface area (Å²) < 4.78 is 10.9. The second-order valence-corrected chi connectivity index (χ2v) is 6.27. The van der Waals surface area contributed by atoms with Gasteiger partial charge in [-0.15, -0.1) is 0 Å². The Kier molecular flexibility index (Phi) is 4.70. The van der Waals surface area contributed by atoms with Crippen molar-refractivity contribution >= 4 is 17.8 Å². The summed E-state index contributed by atoms with van der Waals surface area (Å²) in [5.74, 6) is 0.338. The van der Waals surface area contributed by atoms with Crippen LogP contribution in [0.5, 0.6) is 11.5 Å². The van der Waals surface area contributed by atoms with E-state index in [9.17, 15) is 9.59 Å². The lowest BCUT2D eigenvalue weighted by molar-refractivity contribution is -0.137. The lowest BCUT2D eigenvalue weighted by atomic mass is 10.1. The molecule has 2 aromatic carbocycles. The lowest BCUT2D eigenvalue weighted by Crippen LogP contribution is -2.14. The van der Waals surface area contributed by atoms with Gasteiger partial charge < -0.3 is 9.47 Å². The van der Waals surface area contributed by atoms with Gasteiger partial charge in [-0.1, -0.05) is 45.0 Å². The molecule has 0 N–H and O–H groups in total. The monoisotopic (exact) mass is 336 g/mol. The van der Waals surface area contributed by atoms with Gasteiger partial charge in [0.1, 0.15) is 11.5 Å². The molecule has 0 fully saturated rings. The van der Waals surface area contributed by atoms with Crippen molar-refractivity contribution < 1.29 is 19.1 Å². The molecule has 4 heteroatoms. The number of rotatable bonds is 4. The summed E-state index contributed by atoms with van der Waals surface area (Å²) >= 11 is 0. The van der Waals surface area contributed by atoms with E-state index in [0.29, 0.717) is 17.1 Å². The third-order valence-corrected chi connectivity index (χ3v) is 4.02. The molecule has 128 valence electrons. The number of carbonyl (C=O) groups excluding carboxylic acids is 2. The number of ether oxygens (including phenoxy) is 2. The SMILES string of the molecule is CCc1ccc(/C=C2\Oc3cc(OC(=O)C(C)C)ccc3C2=O)cc1. The minimum Gasteiger partial charge on any atom is -0.452 e. The summed E-state index contributed by atoms with van der Waals surface area (Å²) in [5, 5.41) is 0. The lowest BCUT2D eigenvalue weighted by Gasteiger charge is -2.07. The molecular weight excluding hydrogens is 316 g/mol. The zero-order chi connectivity index (χ0) is 18.0. The Hall–Kier alpha value is -2.88. The molecule has 0 aliphatic carbocycles. The molecule has 1 heterocycles. The van der Waals surface area contributed by atoms with E-state index < -0.39 is 0 Å². The van der Waals surface area contributed by atoms with E-state index in [4.69, 9.17) is 9.47 Å². The van der Waals surface area contributed by atoms with E-state index in [1.807, 2.05) is 24.3 Å². The standard InChI is InChI=1S/C21H20O4/c1-4-14-5-7-15(8-6-14)11-19-20(22)17-10-9-16(12-18(17)25-19)24-21(23)13(2)3/h5-13H,4H2,1-3H3/b19-11-. The van der Waals surface area contributed by atoms with Crippen LogP contribution in [0.4, 0.5) is 0 Å². The molecule has 0 spiro atoms. The largest absolute Gasteiger partial charge is 0.452 e. The summed E-state index contributed by atoms with van der Waals surface area (Å²) in [6.07, 6.45) is 2.69. The Morgan fingerprint density at radius 2 is 1.88 bits per heavy atom. The third kappa shape index (κ3) is 3.63. The number of aryl methyl sites for hydroxylation is 1. The molecule has 0 amide bonds. The number of benzene rings is 2. The van der Waals surface area contributed by atoms with Gasteiger partial charge >= 0.3 is 5.97 Å². The number of carbonyl (C=O) groups is 2. The van der Waals surface area contributed by atoms with Gasteiger partial charge in [0.2, 0.25) is 5.78 Å². The number of allylic oxidation sites excluding steroid dienone is 1. The van der Waals surface area contributed by atoms with Gasteiger partial charge in [-0.05, 0) is 35.8 Å². The topological polar surface area (TPSA) is 52.6 Å². The molecule has 1 aliphatic heterocycles. The number of fused-ring (bicyclic) bond motifs is 1. The van der Waals surface area contributed by atoms with Crippen LogP contribution in [-0.2, 0) is 11.2 Å². The van der Waals surface area contributed by atoms with Crippen LogP contribution in [0.1, 0.15) is 42.3 Å². The fourth-order valence-corrected chi connectivity index (χ4v) is 2.47. The van der Waals surface area contributed by atoms with Crippen LogP contribution < -0.4 is 9.47 Å². The predicted octanol–water partition coefficient (Wildman–Crippen LogP) is 4.43. The normalized spacial score (nSPS) is 14.6. The average molecular weight is 336 g/mol. The van der Waals surface area contributed by atoms with E-state index >= 15 is 0 Å². The fraction of sp³-hybridized carbons (Fsp3) is 0.238. The Balaban J connectivity index is 1.82. The summed E-state index contributed by atoms with van der Waals surface area (Å²) in [6.45, 7) is 5.62. The number of hydrogen-bond acceptors (Lipinski definition) is 4. The molecule has 0 atom stereocenters. The van der Waals surface area contributed by atoms with Crippen LogP contribution in [0.2, 0.25) is 0 Å². The first kappa shape index (κ1) is 17.0. The molecule has 0 saturated heterocycles. The highest BCUT2D eigenvalue weighted by Crippen LogP contribution is 2.35. The Bertz CT molecular complexity index is 845. The van der Waals surface area contributed by atoms with Crippen molar-refractivity contribution in [2.75, 3.05) is 0 Å². The molecule has 0 bridgehead atoms. The van der Waals surface area contributed by atoms with Crippen molar-refractivity contribution in [1.82, 2.24) is 0 Å². The quantitative estimate of drug-likeness (QED) is 0.471. The van der Waals surface area contributed by atoms with E-state index in [1.165, 1.54) is 5.56 Å². The molecule has 1 aliphatic rings. The molecule has 2 aromatic rings. The number of ketones is 1. The van der Waals surface area contributed by atoms with E-state index in [-0.39, 0.29) is 23.4 Å². The van der Waals surface area contributed by atoms with Crippen LogP contribution >= 0.6 is 0 Å². The van der Waals surface area contributed by atoms with Crippen molar-refractivity contribution in [3.63, 3.8) is 0 Å². The molecular formula is C21H20O4. The first-order chi connectivity index (χ1) is 12.0. The first-order valence-corrected chi connectivity index (χ1v) is 8.37. The second kappa shape index (κ2) is 6.93. The molecule has 3 rings (SSSR count). The van der Waals surface area contributed by atoms with Gasteiger partial charge in [-0.25, -0.2) is 0 Å². The third-order valence-electron chi connectivity index (χ3n) is 4.02. The van der Waals surface area contributed by atoms with Crippen molar-refractivity contribution in [1.29, 1.82) is 0 Å². The molecule has 0 aromatic heterocycles. The van der Waals surface area contributed by atoms with Gasteiger partial charge in [-0.3, -0.25) is 9.59 Å². The Morgan fingerprint density at radius 3 is 2.52 bits per heavy atom. The maximum absolute atomic E-state index is 12.5. The molecule has 25 heavy (non-hydrogen) atoms. The summed E-state index contributed by atoms with van der Waals surface area (Å²) in [5.41, 5.74) is 2.61. The van der Waals surface area contributed by atoms with E-state index in [2.05, 4.69) is 6.92 Å². The highest BCUT2D eigenvalue weighted by atomic mass is 16.5. The first-order valence-electron chi connectivity index (χ1n) is 8.37. The van der Waals surface area contributed by atoms with Crippen molar-refractivity contribution in [2.45, 2.75) is 27.2 Å². The van der Waals surface area contributed by atoms with E-state index in [1.54, 1.807) is 38.1 Å². The molecule has 0 radical (unpaired) electrons. The van der Waals surface area contributed by atoms with Crippen molar-refractivity contribution in [3.05, 3.63) is 64.9 Å². The summed E-state index contributed by atoms with van der Waals surface area (Å²) in [7, 11) is 0. The van der Waals surface area contributed by atoms with E-state index in [0.717, 1.165) is 12.0 Å². The Labute approximate surface area is 147 Å². The van der Waals surface area contributed by atoms with Gasteiger partial charge in [0, 0.05) is 6.07 Å². The van der Waals surface area contributed by atoms with Crippen LogP contribution in [0.3, 0.4) is 0 Å². The highest BCUT2D eigenvalue weighted by Gasteiger charge is 2.28. The maximum Gasteiger partial charge on any atom is 0.313 e. The summed E-state index contributed by atoms with van der Waals surface area (Å²) in [6, 6.07) is 12.8. The van der Waals surface area contributed by atoms with Crippen molar-refractivity contribution in [3.8, 4) is 11.5 Å². The average Bonchev–Trinajstić information content (AvgIpc) is 2.91. The fourth-order valence-electron chi connectivity index (χ4n) is 2.47. The van der Waals surface area contributed by atoms with Crippen LogP contribution in [-0.4, -0.2) is 11.8 Å².